The Kier molecular flexibility index (Phi) is 8.72. The summed E-state index contributed by atoms with van der Waals surface area (Å²) in [6.07, 6.45) is 1.92. The minimum atomic E-state index is -0.527. The summed E-state index contributed by atoms with van der Waals surface area (Å²) in [6, 6.07) is 7.11. The molecule has 1 aliphatic rings. The van der Waals surface area contributed by atoms with Gasteiger partial charge in [0.1, 0.15) is 0 Å². The lowest BCUT2D eigenvalue weighted by molar-refractivity contribution is -0.123. The van der Waals surface area contributed by atoms with Gasteiger partial charge >= 0.3 is 0 Å². The molecule has 0 aliphatic carbocycles. The SMILES string of the molecule is COCC1(CNC(=O)c2ccccc2NC(=O)C(C)(C)C)CCNCC1.Cl. The summed E-state index contributed by atoms with van der Waals surface area (Å²) in [6.45, 7) is 8.57. The molecule has 1 saturated heterocycles. The van der Waals surface area contributed by atoms with Crippen molar-refractivity contribution in [3.8, 4) is 0 Å². The van der Waals surface area contributed by atoms with Crippen LogP contribution in [0.15, 0.2) is 24.3 Å². The van der Waals surface area contributed by atoms with Crippen LogP contribution in [0.5, 0.6) is 0 Å². The first-order valence-corrected chi connectivity index (χ1v) is 9.16. The number of ether oxygens (including phenoxy) is 1. The number of para-hydroxylation sites is 1. The Labute approximate surface area is 168 Å². The normalized spacial score (nSPS) is 16.1. The summed E-state index contributed by atoms with van der Waals surface area (Å²) in [5.74, 6) is -0.296. The molecule has 2 rings (SSSR count). The second-order valence-electron chi connectivity index (χ2n) is 8.12. The van der Waals surface area contributed by atoms with Gasteiger partial charge in [0.25, 0.3) is 5.91 Å². The number of benzene rings is 1. The summed E-state index contributed by atoms with van der Waals surface area (Å²) >= 11 is 0. The highest BCUT2D eigenvalue weighted by Crippen LogP contribution is 2.28. The van der Waals surface area contributed by atoms with Crippen molar-refractivity contribution in [2.45, 2.75) is 33.6 Å². The molecule has 0 aromatic heterocycles. The zero-order valence-corrected chi connectivity index (χ0v) is 17.5. The molecule has 152 valence electrons. The molecule has 7 heteroatoms. The molecule has 27 heavy (non-hydrogen) atoms. The van der Waals surface area contributed by atoms with E-state index in [2.05, 4.69) is 16.0 Å². The molecule has 1 fully saturated rings. The molecule has 1 aromatic rings. The summed E-state index contributed by atoms with van der Waals surface area (Å²) in [4.78, 5) is 25.1. The summed E-state index contributed by atoms with van der Waals surface area (Å²) in [7, 11) is 1.70. The number of halogens is 1. The number of amides is 2. The Balaban J connectivity index is 0.00000364. The third kappa shape index (κ3) is 6.48. The highest BCUT2D eigenvalue weighted by Gasteiger charge is 2.33. The molecule has 1 aromatic carbocycles. The van der Waals surface area contributed by atoms with Crippen LogP contribution in [0.1, 0.15) is 44.0 Å². The predicted molar refractivity (Wildman–Crippen MR) is 111 cm³/mol. The smallest absolute Gasteiger partial charge is 0.253 e. The number of hydrogen-bond acceptors (Lipinski definition) is 4. The molecule has 0 unspecified atom stereocenters. The zero-order chi connectivity index (χ0) is 19.2. The first-order chi connectivity index (χ1) is 12.3. The maximum absolute atomic E-state index is 12.8. The van der Waals surface area contributed by atoms with Crippen LogP contribution in [0.3, 0.4) is 0 Å². The fourth-order valence-electron chi connectivity index (χ4n) is 3.10. The van der Waals surface area contributed by atoms with E-state index in [0.29, 0.717) is 24.4 Å². The number of methoxy groups -OCH3 is 1. The highest BCUT2D eigenvalue weighted by molar-refractivity contribution is 6.04. The lowest BCUT2D eigenvalue weighted by Gasteiger charge is -2.37. The highest BCUT2D eigenvalue weighted by atomic mass is 35.5. The molecule has 0 atom stereocenters. The number of piperidine rings is 1. The van der Waals surface area contributed by atoms with Gasteiger partial charge in [-0.3, -0.25) is 9.59 Å². The van der Waals surface area contributed by atoms with Crippen molar-refractivity contribution in [2.75, 3.05) is 38.7 Å². The second-order valence-corrected chi connectivity index (χ2v) is 8.12. The molecule has 1 heterocycles. The number of anilines is 1. The van der Waals surface area contributed by atoms with Crippen molar-refractivity contribution in [3.05, 3.63) is 29.8 Å². The van der Waals surface area contributed by atoms with Crippen molar-refractivity contribution in [2.24, 2.45) is 10.8 Å². The zero-order valence-electron chi connectivity index (χ0n) is 16.7. The molecule has 3 N–H and O–H groups in total. The molecule has 0 radical (unpaired) electrons. The maximum atomic E-state index is 12.8. The Hall–Kier alpha value is -1.63. The molecule has 2 amide bonds. The molecule has 6 nitrogen and oxygen atoms in total. The average Bonchev–Trinajstić information content (AvgIpc) is 2.60. The van der Waals surface area contributed by atoms with Crippen molar-refractivity contribution >= 4 is 29.9 Å². The molecule has 0 spiro atoms. The van der Waals surface area contributed by atoms with E-state index >= 15 is 0 Å². The molecular weight excluding hydrogens is 366 g/mol. The number of rotatable bonds is 6. The first kappa shape index (κ1) is 23.4. The van der Waals surface area contributed by atoms with Gasteiger partial charge in [-0.25, -0.2) is 0 Å². The lowest BCUT2D eigenvalue weighted by atomic mass is 9.79. The fraction of sp³-hybridized carbons (Fsp3) is 0.600. The van der Waals surface area contributed by atoms with Gasteiger partial charge in [-0.1, -0.05) is 32.9 Å². The van der Waals surface area contributed by atoms with Gasteiger partial charge in [-0.15, -0.1) is 12.4 Å². The average molecular weight is 398 g/mol. The van der Waals surface area contributed by atoms with E-state index in [-0.39, 0.29) is 29.6 Å². The Morgan fingerprint density at radius 3 is 2.41 bits per heavy atom. The van der Waals surface area contributed by atoms with E-state index in [0.717, 1.165) is 25.9 Å². The quantitative estimate of drug-likeness (QED) is 0.689. The van der Waals surface area contributed by atoms with Crippen molar-refractivity contribution in [1.82, 2.24) is 10.6 Å². The number of carbonyl (C=O) groups is 2. The van der Waals surface area contributed by atoms with E-state index < -0.39 is 5.41 Å². The van der Waals surface area contributed by atoms with Gasteiger partial charge in [0.15, 0.2) is 0 Å². The van der Waals surface area contributed by atoms with Gasteiger partial charge < -0.3 is 20.7 Å². The van der Waals surface area contributed by atoms with Crippen LogP contribution in [0.25, 0.3) is 0 Å². The Morgan fingerprint density at radius 1 is 1.19 bits per heavy atom. The Morgan fingerprint density at radius 2 is 1.81 bits per heavy atom. The largest absolute Gasteiger partial charge is 0.384 e. The summed E-state index contributed by atoms with van der Waals surface area (Å²) < 4.78 is 5.40. The van der Waals surface area contributed by atoms with E-state index in [1.54, 1.807) is 25.3 Å². The van der Waals surface area contributed by atoms with Crippen LogP contribution >= 0.6 is 12.4 Å². The summed E-state index contributed by atoms with van der Waals surface area (Å²) in [5.41, 5.74) is 0.447. The van der Waals surface area contributed by atoms with Crippen molar-refractivity contribution < 1.29 is 14.3 Å². The van der Waals surface area contributed by atoms with Crippen molar-refractivity contribution in [3.63, 3.8) is 0 Å². The fourth-order valence-corrected chi connectivity index (χ4v) is 3.10. The molecule has 0 saturated carbocycles. The van der Waals surface area contributed by atoms with Gasteiger partial charge in [-0.2, -0.15) is 0 Å². The van der Waals surface area contributed by atoms with E-state index in [1.807, 2.05) is 26.8 Å². The minimum Gasteiger partial charge on any atom is -0.384 e. The molecule has 1 aliphatic heterocycles. The third-order valence-electron chi connectivity index (χ3n) is 4.84. The molecule has 0 bridgehead atoms. The van der Waals surface area contributed by atoms with Crippen LogP contribution in [0.4, 0.5) is 5.69 Å². The van der Waals surface area contributed by atoms with E-state index in [9.17, 15) is 9.59 Å². The third-order valence-corrected chi connectivity index (χ3v) is 4.84. The van der Waals surface area contributed by atoms with E-state index in [4.69, 9.17) is 4.74 Å². The van der Waals surface area contributed by atoms with Crippen LogP contribution in [-0.4, -0.2) is 45.2 Å². The second kappa shape index (κ2) is 10.1. The topological polar surface area (TPSA) is 79.5 Å². The van der Waals surface area contributed by atoms with Gasteiger partial charge in [0.2, 0.25) is 5.91 Å². The van der Waals surface area contributed by atoms with Crippen molar-refractivity contribution in [1.29, 1.82) is 0 Å². The van der Waals surface area contributed by atoms with Crippen LogP contribution in [0.2, 0.25) is 0 Å². The number of carbonyl (C=O) groups excluding carboxylic acids is 2. The number of hydrogen-bond donors (Lipinski definition) is 3. The Bertz CT molecular complexity index is 632. The van der Waals surface area contributed by atoms with Gasteiger partial charge in [0, 0.05) is 24.5 Å². The van der Waals surface area contributed by atoms with Gasteiger partial charge in [0.05, 0.1) is 17.9 Å². The maximum Gasteiger partial charge on any atom is 0.253 e. The summed E-state index contributed by atoms with van der Waals surface area (Å²) in [5, 5.41) is 9.26. The minimum absolute atomic E-state index is 0. The van der Waals surface area contributed by atoms with Gasteiger partial charge in [-0.05, 0) is 38.1 Å². The lowest BCUT2D eigenvalue weighted by Crippen LogP contribution is -2.47. The first-order valence-electron chi connectivity index (χ1n) is 9.16. The standard InChI is InChI=1S/C20H31N3O3.ClH/c1-19(2,3)18(25)23-16-8-6-5-7-15(16)17(24)22-13-20(14-26-4)9-11-21-12-10-20;/h5-8,21H,9-14H2,1-4H3,(H,22,24)(H,23,25);1H. The van der Waals surface area contributed by atoms with E-state index in [1.165, 1.54) is 0 Å². The van der Waals surface area contributed by atoms with Crippen LogP contribution in [0, 0.1) is 10.8 Å². The van der Waals surface area contributed by atoms with Crippen LogP contribution < -0.4 is 16.0 Å². The molecular formula is C20H32ClN3O3. The number of nitrogens with one attached hydrogen (secondary N) is 3. The monoisotopic (exact) mass is 397 g/mol. The van der Waals surface area contributed by atoms with Crippen LogP contribution in [-0.2, 0) is 9.53 Å². The predicted octanol–water partition coefficient (Wildman–Crippen LogP) is 2.84.